The number of nitrogen functional groups attached to an aromatic ring is 1. The number of rotatable bonds is 8. The van der Waals surface area contributed by atoms with Gasteiger partial charge in [-0.25, -0.2) is 9.18 Å². The summed E-state index contributed by atoms with van der Waals surface area (Å²) in [5, 5.41) is 8.93. The number of ketones is 1. The molecule has 0 bridgehead atoms. The van der Waals surface area contributed by atoms with Gasteiger partial charge in [-0.2, -0.15) is 0 Å². The van der Waals surface area contributed by atoms with Gasteiger partial charge < -0.3 is 5.73 Å². The molecule has 4 aromatic rings. The molecule has 0 saturated heterocycles. The minimum Gasteiger partial charge on any atom is -0.384 e. The molecular formula is C25H25FN6O3S. The van der Waals surface area contributed by atoms with Gasteiger partial charge in [-0.15, -0.1) is 10.2 Å². The van der Waals surface area contributed by atoms with Crippen LogP contribution in [0, 0.1) is 11.7 Å². The minimum absolute atomic E-state index is 0.0779. The first-order valence-electron chi connectivity index (χ1n) is 11.2. The molecular weight excluding hydrogens is 483 g/mol. The Kier molecular flexibility index (Phi) is 7.20. The maximum Gasteiger partial charge on any atom is 0.332 e. The van der Waals surface area contributed by atoms with Gasteiger partial charge in [0.1, 0.15) is 17.2 Å². The van der Waals surface area contributed by atoms with Crippen LogP contribution < -0.4 is 17.0 Å². The van der Waals surface area contributed by atoms with Crippen LogP contribution in [0.4, 0.5) is 10.2 Å². The van der Waals surface area contributed by atoms with Crippen molar-refractivity contribution in [3.63, 3.8) is 0 Å². The van der Waals surface area contributed by atoms with Gasteiger partial charge >= 0.3 is 5.69 Å². The molecule has 4 rings (SSSR count). The Morgan fingerprint density at radius 2 is 1.72 bits per heavy atom. The van der Waals surface area contributed by atoms with Crippen molar-refractivity contribution >= 4 is 23.4 Å². The maximum absolute atomic E-state index is 13.5. The van der Waals surface area contributed by atoms with Gasteiger partial charge in [0, 0.05) is 24.8 Å². The van der Waals surface area contributed by atoms with Crippen LogP contribution >= 0.6 is 11.8 Å². The van der Waals surface area contributed by atoms with Crippen molar-refractivity contribution in [1.29, 1.82) is 0 Å². The lowest BCUT2D eigenvalue weighted by Gasteiger charge is -2.16. The number of thioether (sulfide) groups is 1. The van der Waals surface area contributed by atoms with Crippen LogP contribution in [-0.4, -0.2) is 35.4 Å². The normalized spacial score (nSPS) is 11.2. The number of benzene rings is 2. The summed E-state index contributed by atoms with van der Waals surface area (Å²) in [5.41, 5.74) is 6.00. The topological polar surface area (TPSA) is 118 Å². The van der Waals surface area contributed by atoms with Gasteiger partial charge in [-0.1, -0.05) is 43.8 Å². The van der Waals surface area contributed by atoms with E-state index in [1.807, 2.05) is 44.2 Å². The summed E-state index contributed by atoms with van der Waals surface area (Å²) in [6, 6.07) is 15.2. The fourth-order valence-corrected chi connectivity index (χ4v) is 4.57. The minimum atomic E-state index is -0.736. The quantitative estimate of drug-likeness (QED) is 0.287. The smallest absolute Gasteiger partial charge is 0.332 e. The van der Waals surface area contributed by atoms with E-state index in [4.69, 9.17) is 5.73 Å². The number of halogens is 1. The molecule has 0 amide bonds. The van der Waals surface area contributed by atoms with Crippen LogP contribution in [0.2, 0.25) is 0 Å². The lowest BCUT2D eigenvalue weighted by atomic mass is 10.2. The monoisotopic (exact) mass is 508 g/mol. The molecule has 36 heavy (non-hydrogen) atoms. The second-order valence-corrected chi connectivity index (χ2v) is 9.55. The van der Waals surface area contributed by atoms with E-state index in [0.717, 1.165) is 22.0 Å². The Labute approximate surface area is 210 Å². The van der Waals surface area contributed by atoms with E-state index in [1.54, 1.807) is 16.7 Å². The number of hydrogen-bond donors (Lipinski definition) is 1. The molecule has 0 aliphatic rings. The number of nitrogens with zero attached hydrogens (tertiary/aromatic N) is 5. The molecule has 0 aliphatic carbocycles. The fourth-order valence-electron chi connectivity index (χ4n) is 3.75. The van der Waals surface area contributed by atoms with Crippen molar-refractivity contribution in [1.82, 2.24) is 23.9 Å². The average Bonchev–Trinajstić information content (AvgIpc) is 3.29. The molecule has 2 heterocycles. The van der Waals surface area contributed by atoms with Gasteiger partial charge in [-0.3, -0.25) is 23.3 Å². The molecule has 0 saturated carbocycles. The molecule has 0 aliphatic heterocycles. The second-order valence-electron chi connectivity index (χ2n) is 8.61. The lowest BCUT2D eigenvalue weighted by molar-refractivity contribution is 0.102. The van der Waals surface area contributed by atoms with E-state index in [0.29, 0.717) is 16.5 Å². The Morgan fingerprint density at radius 3 is 2.36 bits per heavy atom. The van der Waals surface area contributed by atoms with Crippen molar-refractivity contribution in [2.24, 2.45) is 13.0 Å². The summed E-state index contributed by atoms with van der Waals surface area (Å²) < 4.78 is 17.4. The maximum atomic E-state index is 13.5. The summed E-state index contributed by atoms with van der Waals surface area (Å²) in [7, 11) is 1.33. The zero-order valence-corrected chi connectivity index (χ0v) is 20.8. The molecule has 11 heteroatoms. The van der Waals surface area contributed by atoms with E-state index < -0.39 is 17.0 Å². The summed E-state index contributed by atoms with van der Waals surface area (Å²) in [4.78, 5) is 38.5. The number of carbonyl (C=O) groups is 1. The van der Waals surface area contributed by atoms with Gasteiger partial charge in [0.2, 0.25) is 0 Å². The highest BCUT2D eigenvalue weighted by atomic mass is 32.2. The van der Waals surface area contributed by atoms with Gasteiger partial charge in [0.15, 0.2) is 16.8 Å². The van der Waals surface area contributed by atoms with Crippen molar-refractivity contribution in [2.45, 2.75) is 25.5 Å². The largest absolute Gasteiger partial charge is 0.384 e. The van der Waals surface area contributed by atoms with Crippen LogP contribution in [-0.2, 0) is 13.6 Å². The number of aromatic nitrogens is 5. The number of hydrogen-bond acceptors (Lipinski definition) is 7. The van der Waals surface area contributed by atoms with Gasteiger partial charge in [0.25, 0.3) is 5.56 Å². The highest BCUT2D eigenvalue weighted by Gasteiger charge is 2.24. The number of carbonyl (C=O) groups excluding carboxylic acids is 1. The highest BCUT2D eigenvalue weighted by Crippen LogP contribution is 2.28. The molecule has 0 unspecified atom stereocenters. The summed E-state index contributed by atoms with van der Waals surface area (Å²) in [6.07, 6.45) is 0. The molecule has 0 atom stereocenters. The van der Waals surface area contributed by atoms with Crippen molar-refractivity contribution < 1.29 is 9.18 Å². The molecule has 2 N–H and O–H groups in total. The first-order chi connectivity index (χ1) is 17.2. The summed E-state index contributed by atoms with van der Waals surface area (Å²) >= 11 is 1.09. The van der Waals surface area contributed by atoms with Crippen LogP contribution in [0.15, 0.2) is 69.3 Å². The van der Waals surface area contributed by atoms with Crippen LogP contribution in [0.1, 0.15) is 24.2 Å². The average molecular weight is 509 g/mol. The molecule has 2 aromatic carbocycles. The SMILES string of the molecule is CC(C)Cn1c(N)c(C(=O)CSc2nnc(-c3ccc(F)cc3)n2-c2ccccc2)c(=O)n(C)c1=O. The predicted molar refractivity (Wildman–Crippen MR) is 137 cm³/mol. The third kappa shape index (κ3) is 4.87. The molecule has 0 fully saturated rings. The van der Waals surface area contributed by atoms with Crippen LogP contribution in [0.3, 0.4) is 0 Å². The third-order valence-electron chi connectivity index (χ3n) is 5.49. The number of Topliss-reactive ketones (excluding diaryl/α,β-unsaturated/α-hetero) is 1. The van der Waals surface area contributed by atoms with Gasteiger partial charge in [0.05, 0.1) is 5.75 Å². The van der Waals surface area contributed by atoms with E-state index >= 15 is 0 Å². The van der Waals surface area contributed by atoms with E-state index in [9.17, 15) is 18.8 Å². The number of nitrogens with two attached hydrogens (primary N) is 1. The summed E-state index contributed by atoms with van der Waals surface area (Å²) in [5.74, 6) is -0.650. The Hall–Kier alpha value is -3.99. The zero-order valence-electron chi connectivity index (χ0n) is 20.0. The predicted octanol–water partition coefficient (Wildman–Crippen LogP) is 3.15. The van der Waals surface area contributed by atoms with E-state index in [1.165, 1.54) is 23.7 Å². The fraction of sp³-hybridized carbons (Fsp3) is 0.240. The zero-order chi connectivity index (χ0) is 26.0. The molecule has 9 nitrogen and oxygen atoms in total. The van der Waals surface area contributed by atoms with Crippen LogP contribution in [0.5, 0.6) is 0 Å². The molecule has 0 radical (unpaired) electrons. The number of anilines is 1. The number of para-hydroxylation sites is 1. The third-order valence-corrected chi connectivity index (χ3v) is 6.42. The van der Waals surface area contributed by atoms with E-state index in [-0.39, 0.29) is 35.4 Å². The first-order valence-corrected chi connectivity index (χ1v) is 12.2. The highest BCUT2D eigenvalue weighted by molar-refractivity contribution is 7.99. The lowest BCUT2D eigenvalue weighted by Crippen LogP contribution is -2.43. The van der Waals surface area contributed by atoms with Crippen molar-refractivity contribution in [2.75, 3.05) is 11.5 Å². The first kappa shape index (κ1) is 25.1. The summed E-state index contributed by atoms with van der Waals surface area (Å²) in [6.45, 7) is 4.09. The standard InChI is InChI=1S/C25H25FN6O3S/c1-15(2)13-31-21(27)20(23(34)30(3)25(31)35)19(33)14-36-24-29-28-22(16-9-11-17(26)12-10-16)32(24)18-7-5-4-6-8-18/h4-12,15H,13-14,27H2,1-3H3. The Balaban J connectivity index is 1.71. The second kappa shape index (κ2) is 10.3. The van der Waals surface area contributed by atoms with Crippen molar-refractivity contribution in [3.05, 3.63) is 86.8 Å². The van der Waals surface area contributed by atoms with E-state index in [2.05, 4.69) is 10.2 Å². The molecule has 186 valence electrons. The Bertz CT molecular complexity index is 1520. The molecule has 2 aromatic heterocycles. The van der Waals surface area contributed by atoms with Gasteiger partial charge in [-0.05, 0) is 42.3 Å². The van der Waals surface area contributed by atoms with Crippen molar-refractivity contribution in [3.8, 4) is 17.1 Å². The van der Waals surface area contributed by atoms with Crippen LogP contribution in [0.25, 0.3) is 17.1 Å². The molecule has 0 spiro atoms. The Morgan fingerprint density at radius 1 is 1.06 bits per heavy atom.